The average molecular weight is 294 g/mol. The molecule has 0 saturated heterocycles. The van der Waals surface area contributed by atoms with Crippen molar-refractivity contribution in [3.05, 3.63) is 33.7 Å². The van der Waals surface area contributed by atoms with Crippen molar-refractivity contribution in [3.63, 3.8) is 0 Å². The minimum Gasteiger partial charge on any atom is -0.480 e. The van der Waals surface area contributed by atoms with Gasteiger partial charge in [0.25, 0.3) is 5.91 Å². The summed E-state index contributed by atoms with van der Waals surface area (Å²) in [5.41, 5.74) is 0.583. The van der Waals surface area contributed by atoms with Gasteiger partial charge in [-0.2, -0.15) is 0 Å². The van der Waals surface area contributed by atoms with Crippen LogP contribution in [0.4, 0.5) is 0 Å². The Morgan fingerprint density at radius 2 is 2.00 bits per heavy atom. The van der Waals surface area contributed by atoms with Crippen molar-refractivity contribution in [3.8, 4) is 0 Å². The number of hydrogen-bond donors (Lipinski definition) is 2. The maximum atomic E-state index is 12.4. The molecule has 0 unspecified atom stereocenters. The summed E-state index contributed by atoms with van der Waals surface area (Å²) in [5.74, 6) is -1.14. The molecular weight excluding hydrogens is 272 g/mol. The van der Waals surface area contributed by atoms with Gasteiger partial charge in [-0.1, -0.05) is 20.8 Å². The van der Waals surface area contributed by atoms with Crippen molar-refractivity contribution in [2.24, 2.45) is 5.92 Å². The number of hydrogen-bond acceptors (Lipinski definition) is 3. The summed E-state index contributed by atoms with van der Waals surface area (Å²) in [6.45, 7) is 5.88. The first-order chi connectivity index (χ1) is 9.83. The number of carbonyl (C=O) groups excluding carboxylic acids is 1. The van der Waals surface area contributed by atoms with E-state index < -0.39 is 11.9 Å². The number of amides is 1. The van der Waals surface area contributed by atoms with E-state index in [1.54, 1.807) is 6.07 Å². The minimum absolute atomic E-state index is 0.240. The normalized spacial score (nSPS) is 10.7. The highest BCUT2D eigenvalue weighted by atomic mass is 16.4. The number of nitrogens with zero attached hydrogens (tertiary/aromatic N) is 1. The standard InChI is InChI=1S/C15H22N2O4/c1-4-5-17(9-14(19)20)15(21)11-7-12(6-10(2)3)16-13(18)8-11/h7-8,10H,4-6,9H2,1-3H3,(H,16,18)(H,19,20). The smallest absolute Gasteiger partial charge is 0.323 e. The van der Waals surface area contributed by atoms with E-state index in [4.69, 9.17) is 5.11 Å². The Bertz CT molecular complexity index is 563. The van der Waals surface area contributed by atoms with Crippen LogP contribution in [0.2, 0.25) is 0 Å². The Labute approximate surface area is 123 Å². The number of pyridine rings is 1. The maximum absolute atomic E-state index is 12.4. The highest BCUT2D eigenvalue weighted by molar-refractivity contribution is 5.95. The van der Waals surface area contributed by atoms with E-state index in [2.05, 4.69) is 4.98 Å². The zero-order chi connectivity index (χ0) is 16.0. The third kappa shape index (κ3) is 5.41. The van der Waals surface area contributed by atoms with Gasteiger partial charge < -0.3 is 15.0 Å². The molecule has 0 spiro atoms. The monoisotopic (exact) mass is 294 g/mol. The van der Waals surface area contributed by atoms with Gasteiger partial charge in [-0.3, -0.25) is 14.4 Å². The first-order valence-electron chi connectivity index (χ1n) is 7.07. The summed E-state index contributed by atoms with van der Waals surface area (Å²) in [4.78, 5) is 38.8. The summed E-state index contributed by atoms with van der Waals surface area (Å²) in [6.07, 6.45) is 1.31. The SMILES string of the molecule is CCCN(CC(=O)O)C(=O)c1cc(CC(C)C)[nH]c(=O)c1. The molecule has 0 aliphatic heterocycles. The van der Waals surface area contributed by atoms with Crippen LogP contribution in [0.1, 0.15) is 43.2 Å². The van der Waals surface area contributed by atoms with E-state index in [1.807, 2.05) is 20.8 Å². The molecule has 0 fully saturated rings. The van der Waals surface area contributed by atoms with Crippen molar-refractivity contribution < 1.29 is 14.7 Å². The van der Waals surface area contributed by atoms with Gasteiger partial charge in [-0.05, 0) is 24.8 Å². The molecule has 0 radical (unpaired) electrons. The number of carbonyl (C=O) groups is 2. The van der Waals surface area contributed by atoms with Crippen molar-refractivity contribution >= 4 is 11.9 Å². The predicted octanol–water partition coefficient (Wildman–Crippen LogP) is 1.51. The van der Waals surface area contributed by atoms with Crippen LogP contribution in [-0.2, 0) is 11.2 Å². The lowest BCUT2D eigenvalue weighted by atomic mass is 10.1. The van der Waals surface area contributed by atoms with Gasteiger partial charge in [0.05, 0.1) is 0 Å². The second-order valence-electron chi connectivity index (χ2n) is 5.48. The lowest BCUT2D eigenvalue weighted by molar-refractivity contribution is -0.137. The van der Waals surface area contributed by atoms with E-state index >= 15 is 0 Å². The Morgan fingerprint density at radius 3 is 2.52 bits per heavy atom. The maximum Gasteiger partial charge on any atom is 0.323 e. The van der Waals surface area contributed by atoms with Gasteiger partial charge in [0.2, 0.25) is 5.56 Å². The number of carboxylic acid groups (broad SMARTS) is 1. The Morgan fingerprint density at radius 1 is 1.33 bits per heavy atom. The number of rotatable bonds is 7. The van der Waals surface area contributed by atoms with Crippen molar-refractivity contribution in [1.82, 2.24) is 9.88 Å². The van der Waals surface area contributed by atoms with Crippen LogP contribution in [-0.4, -0.2) is 40.0 Å². The van der Waals surface area contributed by atoms with Crippen LogP contribution in [0.3, 0.4) is 0 Å². The van der Waals surface area contributed by atoms with Gasteiger partial charge >= 0.3 is 5.97 Å². The molecule has 21 heavy (non-hydrogen) atoms. The molecule has 0 aliphatic carbocycles. The quantitative estimate of drug-likeness (QED) is 0.797. The molecule has 1 aromatic rings. The topological polar surface area (TPSA) is 90.5 Å². The van der Waals surface area contributed by atoms with Crippen LogP contribution in [0.5, 0.6) is 0 Å². The number of carboxylic acids is 1. The van der Waals surface area contributed by atoms with Crippen LogP contribution < -0.4 is 5.56 Å². The van der Waals surface area contributed by atoms with E-state index in [-0.39, 0.29) is 17.7 Å². The fourth-order valence-electron chi connectivity index (χ4n) is 2.14. The summed E-state index contributed by atoms with van der Waals surface area (Å²) in [7, 11) is 0. The Kier molecular flexibility index (Phi) is 6.14. The predicted molar refractivity (Wildman–Crippen MR) is 79.4 cm³/mol. The molecule has 0 atom stereocenters. The molecule has 1 heterocycles. The third-order valence-corrected chi connectivity index (χ3v) is 2.88. The number of aliphatic carboxylic acids is 1. The highest BCUT2D eigenvalue weighted by Gasteiger charge is 2.19. The van der Waals surface area contributed by atoms with E-state index in [0.717, 1.165) is 0 Å². The van der Waals surface area contributed by atoms with Crippen LogP contribution in [0.15, 0.2) is 16.9 Å². The second kappa shape index (κ2) is 7.61. The zero-order valence-corrected chi connectivity index (χ0v) is 12.7. The van der Waals surface area contributed by atoms with Crippen molar-refractivity contribution in [2.75, 3.05) is 13.1 Å². The first kappa shape index (κ1) is 16.9. The van der Waals surface area contributed by atoms with E-state index in [1.165, 1.54) is 11.0 Å². The summed E-state index contributed by atoms with van der Waals surface area (Å²) in [6, 6.07) is 2.85. The Balaban J connectivity index is 3.06. The van der Waals surface area contributed by atoms with Crippen molar-refractivity contribution in [2.45, 2.75) is 33.6 Å². The molecule has 116 valence electrons. The van der Waals surface area contributed by atoms with E-state index in [9.17, 15) is 14.4 Å². The van der Waals surface area contributed by atoms with Gasteiger partial charge in [-0.15, -0.1) is 0 Å². The molecule has 2 N–H and O–H groups in total. The summed E-state index contributed by atoms with van der Waals surface area (Å²) >= 11 is 0. The fraction of sp³-hybridized carbons (Fsp3) is 0.533. The van der Waals surface area contributed by atoms with Gasteiger partial charge in [0.15, 0.2) is 0 Å². The van der Waals surface area contributed by atoms with Crippen LogP contribution in [0.25, 0.3) is 0 Å². The lowest BCUT2D eigenvalue weighted by Gasteiger charge is -2.20. The van der Waals surface area contributed by atoms with Crippen LogP contribution in [0, 0.1) is 5.92 Å². The number of nitrogens with one attached hydrogen (secondary N) is 1. The largest absolute Gasteiger partial charge is 0.480 e. The fourth-order valence-corrected chi connectivity index (χ4v) is 2.14. The van der Waals surface area contributed by atoms with Gasteiger partial charge in [0.1, 0.15) is 6.54 Å². The molecular formula is C15H22N2O4. The van der Waals surface area contributed by atoms with Crippen molar-refractivity contribution in [1.29, 1.82) is 0 Å². The number of aromatic amines is 1. The second-order valence-corrected chi connectivity index (χ2v) is 5.48. The molecule has 1 rings (SSSR count). The Hall–Kier alpha value is -2.11. The molecule has 0 saturated carbocycles. The molecule has 6 heteroatoms. The van der Waals surface area contributed by atoms with E-state index in [0.29, 0.717) is 31.0 Å². The third-order valence-electron chi connectivity index (χ3n) is 2.88. The summed E-state index contributed by atoms with van der Waals surface area (Å²) < 4.78 is 0. The molecule has 0 aliphatic rings. The highest BCUT2D eigenvalue weighted by Crippen LogP contribution is 2.09. The molecule has 0 aromatic carbocycles. The first-order valence-corrected chi connectivity index (χ1v) is 7.07. The molecule has 0 bridgehead atoms. The molecule has 1 aromatic heterocycles. The summed E-state index contributed by atoms with van der Waals surface area (Å²) in [5, 5.41) is 8.87. The minimum atomic E-state index is -1.07. The van der Waals surface area contributed by atoms with Gasteiger partial charge in [0, 0.05) is 23.9 Å². The number of aromatic nitrogens is 1. The number of H-pyrrole nitrogens is 1. The molecule has 6 nitrogen and oxygen atoms in total. The molecule has 1 amide bonds. The zero-order valence-electron chi connectivity index (χ0n) is 12.7. The van der Waals surface area contributed by atoms with Crippen LogP contribution >= 0.6 is 0 Å². The lowest BCUT2D eigenvalue weighted by Crippen LogP contribution is -2.36. The average Bonchev–Trinajstić information content (AvgIpc) is 2.35. The van der Waals surface area contributed by atoms with Gasteiger partial charge in [-0.25, -0.2) is 0 Å².